The van der Waals surface area contributed by atoms with Crippen LogP contribution in [-0.2, 0) is 5.41 Å². The van der Waals surface area contributed by atoms with Gasteiger partial charge in [-0.2, -0.15) is 5.10 Å². The highest BCUT2D eigenvalue weighted by Crippen LogP contribution is 2.22. The maximum Gasteiger partial charge on any atom is 0.277 e. The maximum absolute atomic E-state index is 12.2. The van der Waals surface area contributed by atoms with Gasteiger partial charge in [-0.15, -0.1) is 0 Å². The molecule has 0 unspecified atom stereocenters. The first kappa shape index (κ1) is 13.4. The molecular weight excluding hydrogens is 266 g/mol. The van der Waals surface area contributed by atoms with Crippen LogP contribution in [0.5, 0.6) is 0 Å². The molecule has 6 heteroatoms. The highest BCUT2D eigenvalue weighted by molar-refractivity contribution is 6.02. The van der Waals surface area contributed by atoms with Crippen molar-refractivity contribution in [1.29, 1.82) is 0 Å². The van der Waals surface area contributed by atoms with E-state index in [4.69, 9.17) is 0 Å². The van der Waals surface area contributed by atoms with Crippen LogP contribution in [0, 0.1) is 0 Å². The van der Waals surface area contributed by atoms with Gasteiger partial charge in [-0.25, -0.2) is 4.98 Å². The molecule has 1 amide bonds. The Kier molecular flexibility index (Phi) is 3.01. The second kappa shape index (κ2) is 4.73. The SMILES string of the molecule is CC(C)(C)c1cc(NC(=O)c2cn3ccccc3n2)n[nH]1. The predicted octanol–water partition coefficient (Wildman–Crippen LogP) is 2.61. The number of nitrogens with one attached hydrogen (secondary N) is 2. The van der Waals surface area contributed by atoms with Gasteiger partial charge < -0.3 is 9.72 Å². The van der Waals surface area contributed by atoms with E-state index in [1.807, 2.05) is 30.5 Å². The first-order chi connectivity index (χ1) is 9.93. The quantitative estimate of drug-likeness (QED) is 0.759. The molecule has 0 spiro atoms. The number of amides is 1. The number of pyridine rings is 1. The summed E-state index contributed by atoms with van der Waals surface area (Å²) in [5.74, 6) is 0.229. The molecule has 0 aliphatic rings. The first-order valence-electron chi connectivity index (χ1n) is 6.74. The van der Waals surface area contributed by atoms with Crippen molar-refractivity contribution in [2.45, 2.75) is 26.2 Å². The first-order valence-corrected chi connectivity index (χ1v) is 6.74. The highest BCUT2D eigenvalue weighted by atomic mass is 16.2. The van der Waals surface area contributed by atoms with Crippen LogP contribution in [0.3, 0.4) is 0 Å². The second-order valence-corrected chi connectivity index (χ2v) is 5.96. The van der Waals surface area contributed by atoms with Crippen molar-refractivity contribution < 1.29 is 4.79 Å². The van der Waals surface area contributed by atoms with Crippen LogP contribution in [0.2, 0.25) is 0 Å². The molecule has 0 saturated heterocycles. The number of aromatic nitrogens is 4. The minimum atomic E-state index is -0.273. The summed E-state index contributed by atoms with van der Waals surface area (Å²) in [4.78, 5) is 16.5. The minimum Gasteiger partial charge on any atom is -0.306 e. The van der Waals surface area contributed by atoms with Crippen molar-refractivity contribution in [3.8, 4) is 0 Å². The number of carbonyl (C=O) groups is 1. The van der Waals surface area contributed by atoms with E-state index in [0.717, 1.165) is 11.3 Å². The molecule has 0 aliphatic carbocycles. The molecule has 0 atom stereocenters. The fourth-order valence-electron chi connectivity index (χ4n) is 1.99. The molecule has 0 bridgehead atoms. The van der Waals surface area contributed by atoms with Gasteiger partial charge in [0.25, 0.3) is 5.91 Å². The lowest BCUT2D eigenvalue weighted by atomic mass is 9.92. The summed E-state index contributed by atoms with van der Waals surface area (Å²) in [6, 6.07) is 7.46. The number of hydrogen-bond acceptors (Lipinski definition) is 3. The van der Waals surface area contributed by atoms with Gasteiger partial charge >= 0.3 is 0 Å². The van der Waals surface area contributed by atoms with Crippen molar-refractivity contribution in [2.75, 3.05) is 5.32 Å². The standard InChI is InChI=1S/C15H17N5O/c1-15(2,3)11-8-12(19-18-11)17-14(21)10-9-20-7-5-4-6-13(20)16-10/h4-9H,1-3H3,(H2,17,18,19,21). The van der Waals surface area contributed by atoms with Crippen LogP contribution in [0.15, 0.2) is 36.7 Å². The van der Waals surface area contributed by atoms with E-state index in [1.165, 1.54) is 0 Å². The molecule has 0 aliphatic heterocycles. The van der Waals surface area contributed by atoms with E-state index in [2.05, 4.69) is 41.3 Å². The normalized spacial score (nSPS) is 11.8. The fourth-order valence-corrected chi connectivity index (χ4v) is 1.99. The molecule has 0 aromatic carbocycles. The van der Waals surface area contributed by atoms with E-state index >= 15 is 0 Å². The van der Waals surface area contributed by atoms with E-state index in [0.29, 0.717) is 11.5 Å². The minimum absolute atomic E-state index is 0.0426. The number of hydrogen-bond donors (Lipinski definition) is 2. The number of aromatic amines is 1. The van der Waals surface area contributed by atoms with Crippen LogP contribution in [-0.4, -0.2) is 25.5 Å². The van der Waals surface area contributed by atoms with Gasteiger partial charge in [-0.05, 0) is 12.1 Å². The Morgan fingerprint density at radius 3 is 2.81 bits per heavy atom. The number of H-pyrrole nitrogens is 1. The second-order valence-electron chi connectivity index (χ2n) is 5.96. The van der Waals surface area contributed by atoms with Gasteiger partial charge in [0.2, 0.25) is 0 Å². The predicted molar refractivity (Wildman–Crippen MR) is 80.4 cm³/mol. The molecule has 0 saturated carbocycles. The molecule has 3 aromatic rings. The number of anilines is 1. The molecule has 21 heavy (non-hydrogen) atoms. The summed E-state index contributed by atoms with van der Waals surface area (Å²) in [7, 11) is 0. The monoisotopic (exact) mass is 283 g/mol. The summed E-state index contributed by atoms with van der Waals surface area (Å²) in [5, 5.41) is 9.80. The molecule has 3 rings (SSSR count). The smallest absolute Gasteiger partial charge is 0.277 e. The fraction of sp³-hybridized carbons (Fsp3) is 0.267. The number of fused-ring (bicyclic) bond motifs is 1. The van der Waals surface area contributed by atoms with E-state index in [-0.39, 0.29) is 11.3 Å². The Labute approximate surface area is 122 Å². The van der Waals surface area contributed by atoms with E-state index in [9.17, 15) is 4.79 Å². The van der Waals surface area contributed by atoms with Gasteiger partial charge in [0, 0.05) is 29.6 Å². The van der Waals surface area contributed by atoms with E-state index < -0.39 is 0 Å². The number of carbonyl (C=O) groups excluding carboxylic acids is 1. The van der Waals surface area contributed by atoms with Crippen LogP contribution >= 0.6 is 0 Å². The van der Waals surface area contributed by atoms with Crippen molar-refractivity contribution >= 4 is 17.4 Å². The Bertz CT molecular complexity index is 761. The van der Waals surface area contributed by atoms with Gasteiger partial charge in [0.15, 0.2) is 5.82 Å². The van der Waals surface area contributed by atoms with Gasteiger partial charge in [0.1, 0.15) is 11.3 Å². The number of rotatable bonds is 2. The van der Waals surface area contributed by atoms with Gasteiger partial charge in [0.05, 0.1) is 0 Å². The molecule has 3 aromatic heterocycles. The van der Waals surface area contributed by atoms with Gasteiger partial charge in [-0.3, -0.25) is 9.89 Å². The molecule has 0 radical (unpaired) electrons. The zero-order valence-electron chi connectivity index (χ0n) is 12.2. The third-order valence-electron chi connectivity index (χ3n) is 3.22. The van der Waals surface area contributed by atoms with Crippen LogP contribution in [0.4, 0.5) is 5.82 Å². The van der Waals surface area contributed by atoms with Crippen LogP contribution < -0.4 is 5.32 Å². The lowest BCUT2D eigenvalue weighted by Crippen LogP contribution is -2.13. The third kappa shape index (κ3) is 2.65. The van der Waals surface area contributed by atoms with Crippen molar-refractivity contribution in [3.63, 3.8) is 0 Å². The van der Waals surface area contributed by atoms with Crippen molar-refractivity contribution in [1.82, 2.24) is 19.6 Å². The zero-order chi connectivity index (χ0) is 15.0. The summed E-state index contributed by atoms with van der Waals surface area (Å²) < 4.78 is 1.81. The Balaban J connectivity index is 1.81. The molecular formula is C15H17N5O. The maximum atomic E-state index is 12.2. The topological polar surface area (TPSA) is 75.1 Å². The Hall–Kier alpha value is -2.63. The van der Waals surface area contributed by atoms with E-state index in [1.54, 1.807) is 10.6 Å². The average Bonchev–Trinajstić information content (AvgIpc) is 3.03. The largest absolute Gasteiger partial charge is 0.306 e. The lowest BCUT2D eigenvalue weighted by Gasteiger charge is -2.14. The molecule has 108 valence electrons. The zero-order valence-corrected chi connectivity index (χ0v) is 12.2. The molecule has 2 N–H and O–H groups in total. The molecule has 0 fully saturated rings. The van der Waals surface area contributed by atoms with Crippen molar-refractivity contribution in [3.05, 3.63) is 48.0 Å². The number of nitrogens with zero attached hydrogens (tertiary/aromatic N) is 3. The summed E-state index contributed by atoms with van der Waals surface area (Å²) >= 11 is 0. The van der Waals surface area contributed by atoms with Gasteiger partial charge in [-0.1, -0.05) is 26.8 Å². The highest BCUT2D eigenvalue weighted by Gasteiger charge is 2.18. The third-order valence-corrected chi connectivity index (χ3v) is 3.22. The number of imidazole rings is 1. The van der Waals surface area contributed by atoms with Crippen molar-refractivity contribution in [2.24, 2.45) is 0 Å². The Morgan fingerprint density at radius 1 is 1.33 bits per heavy atom. The summed E-state index contributed by atoms with van der Waals surface area (Å²) in [6.07, 6.45) is 3.55. The summed E-state index contributed by atoms with van der Waals surface area (Å²) in [6.45, 7) is 6.23. The molecule has 3 heterocycles. The van der Waals surface area contributed by atoms with Crippen LogP contribution in [0.25, 0.3) is 5.65 Å². The lowest BCUT2D eigenvalue weighted by molar-refractivity contribution is 0.102. The summed E-state index contributed by atoms with van der Waals surface area (Å²) in [5.41, 5.74) is 2.02. The Morgan fingerprint density at radius 2 is 2.14 bits per heavy atom. The van der Waals surface area contributed by atoms with Crippen LogP contribution in [0.1, 0.15) is 37.0 Å². The molecule has 6 nitrogen and oxygen atoms in total. The average molecular weight is 283 g/mol.